The highest BCUT2D eigenvalue weighted by Crippen LogP contribution is 2.24. The van der Waals surface area contributed by atoms with Crippen LogP contribution in [0.15, 0.2) is 72.8 Å². The third-order valence-electron chi connectivity index (χ3n) is 6.58. The zero-order valence-corrected chi connectivity index (χ0v) is 22.7. The van der Waals surface area contributed by atoms with E-state index in [4.69, 9.17) is 27.9 Å². The van der Waals surface area contributed by atoms with Gasteiger partial charge in [-0.05, 0) is 48.9 Å². The number of carbonyl (C=O) groups is 3. The molecule has 0 radical (unpaired) electrons. The number of piperazine rings is 1. The molecule has 1 aliphatic rings. The summed E-state index contributed by atoms with van der Waals surface area (Å²) in [5.41, 5.74) is 1.70. The molecule has 3 amide bonds. The number of nitrogens with one attached hydrogen (secondary N) is 1. The summed E-state index contributed by atoms with van der Waals surface area (Å²) in [6, 6.07) is 20.1. The number of halogens is 2. The molecule has 1 heterocycles. The van der Waals surface area contributed by atoms with Crippen LogP contribution in [0.2, 0.25) is 10.0 Å². The number of hydrogen-bond donors (Lipinski definition) is 1. The van der Waals surface area contributed by atoms with Gasteiger partial charge in [-0.25, -0.2) is 0 Å². The Labute approximate surface area is 232 Å². The summed E-state index contributed by atoms with van der Waals surface area (Å²) in [7, 11) is 1.53. The minimum Gasteiger partial charge on any atom is -0.497 e. The van der Waals surface area contributed by atoms with E-state index in [1.54, 1.807) is 52.3 Å². The maximum absolute atomic E-state index is 13.7. The summed E-state index contributed by atoms with van der Waals surface area (Å²) < 4.78 is 5.23. The van der Waals surface area contributed by atoms with Crippen LogP contribution in [0.5, 0.6) is 5.75 Å². The lowest BCUT2D eigenvalue weighted by Crippen LogP contribution is -2.59. The Hall–Kier alpha value is -3.55. The molecule has 0 aromatic heterocycles. The number of rotatable bonds is 7. The Morgan fingerprint density at radius 1 is 1.00 bits per heavy atom. The van der Waals surface area contributed by atoms with Crippen LogP contribution >= 0.6 is 23.2 Å². The predicted molar refractivity (Wildman–Crippen MR) is 148 cm³/mol. The highest BCUT2D eigenvalue weighted by Gasteiger charge is 2.34. The van der Waals surface area contributed by atoms with E-state index in [0.717, 1.165) is 5.56 Å². The van der Waals surface area contributed by atoms with Crippen molar-refractivity contribution >= 4 is 40.9 Å². The van der Waals surface area contributed by atoms with Crippen LogP contribution in [-0.2, 0) is 11.2 Å². The monoisotopic (exact) mass is 553 g/mol. The van der Waals surface area contributed by atoms with Gasteiger partial charge in [0.1, 0.15) is 11.8 Å². The third kappa shape index (κ3) is 6.47. The van der Waals surface area contributed by atoms with Crippen LogP contribution in [0.1, 0.15) is 33.2 Å². The Bertz CT molecular complexity index is 1320. The van der Waals surface area contributed by atoms with Crippen molar-refractivity contribution in [1.82, 2.24) is 15.1 Å². The molecule has 1 aliphatic heterocycles. The molecule has 1 saturated heterocycles. The van der Waals surface area contributed by atoms with Gasteiger partial charge >= 0.3 is 0 Å². The molecule has 1 fully saturated rings. The summed E-state index contributed by atoms with van der Waals surface area (Å²) in [6.07, 6.45) is 0.337. The van der Waals surface area contributed by atoms with Crippen LogP contribution in [0.25, 0.3) is 0 Å². The van der Waals surface area contributed by atoms with E-state index in [-0.39, 0.29) is 28.8 Å². The first-order valence-electron chi connectivity index (χ1n) is 12.3. The molecular formula is C29H29Cl2N3O4. The second kappa shape index (κ2) is 12.3. The van der Waals surface area contributed by atoms with E-state index in [9.17, 15) is 14.4 Å². The molecule has 0 spiro atoms. The molecule has 0 saturated carbocycles. The standard InChI is InChI=1S/C29H29Cl2N3O4/c1-19-18-33(13-14-34(19)28(36)24-12-11-22(30)17-25(24)31)29(37)26(15-20-7-4-3-5-8-20)32-27(35)21-9-6-10-23(16-21)38-2/h3-12,16-17,19,26H,13-15,18H2,1-2H3,(H,32,35). The van der Waals surface area contributed by atoms with Crippen LogP contribution in [-0.4, -0.2) is 66.3 Å². The molecule has 0 bridgehead atoms. The maximum Gasteiger partial charge on any atom is 0.255 e. The van der Waals surface area contributed by atoms with Crippen molar-refractivity contribution in [3.8, 4) is 5.75 Å². The first kappa shape index (κ1) is 27.5. The van der Waals surface area contributed by atoms with Crippen LogP contribution < -0.4 is 10.1 Å². The highest BCUT2D eigenvalue weighted by atomic mass is 35.5. The zero-order chi connectivity index (χ0) is 27.2. The fourth-order valence-electron chi connectivity index (χ4n) is 4.55. The van der Waals surface area contributed by atoms with Crippen molar-refractivity contribution in [2.24, 2.45) is 0 Å². The zero-order valence-electron chi connectivity index (χ0n) is 21.2. The second-order valence-electron chi connectivity index (χ2n) is 9.20. The van der Waals surface area contributed by atoms with Crippen molar-refractivity contribution in [2.45, 2.75) is 25.4 Å². The van der Waals surface area contributed by atoms with E-state index < -0.39 is 6.04 Å². The Morgan fingerprint density at radius 2 is 1.76 bits per heavy atom. The summed E-state index contributed by atoms with van der Waals surface area (Å²) >= 11 is 12.2. The van der Waals surface area contributed by atoms with Crippen LogP contribution in [0.4, 0.5) is 0 Å². The largest absolute Gasteiger partial charge is 0.497 e. The fourth-order valence-corrected chi connectivity index (χ4v) is 5.04. The van der Waals surface area contributed by atoms with Gasteiger partial charge in [0.25, 0.3) is 11.8 Å². The summed E-state index contributed by atoms with van der Waals surface area (Å²) in [5.74, 6) is -0.219. The Kier molecular flexibility index (Phi) is 8.92. The van der Waals surface area contributed by atoms with Gasteiger partial charge in [0.15, 0.2) is 0 Å². The smallest absolute Gasteiger partial charge is 0.255 e. The quantitative estimate of drug-likeness (QED) is 0.459. The topological polar surface area (TPSA) is 79.0 Å². The summed E-state index contributed by atoms with van der Waals surface area (Å²) in [4.78, 5) is 43.4. The van der Waals surface area contributed by atoms with E-state index in [2.05, 4.69) is 5.32 Å². The number of nitrogens with zero attached hydrogens (tertiary/aromatic N) is 2. The second-order valence-corrected chi connectivity index (χ2v) is 10.0. The molecule has 2 atom stereocenters. The molecule has 198 valence electrons. The number of hydrogen-bond acceptors (Lipinski definition) is 4. The number of methoxy groups -OCH3 is 1. The number of carbonyl (C=O) groups excluding carboxylic acids is 3. The molecular weight excluding hydrogens is 525 g/mol. The molecule has 4 rings (SSSR count). The van der Waals surface area contributed by atoms with Crippen molar-refractivity contribution < 1.29 is 19.1 Å². The molecule has 9 heteroatoms. The van der Waals surface area contributed by atoms with Crippen molar-refractivity contribution in [2.75, 3.05) is 26.7 Å². The van der Waals surface area contributed by atoms with Gasteiger partial charge in [-0.1, -0.05) is 59.6 Å². The van der Waals surface area contributed by atoms with Gasteiger partial charge in [0.2, 0.25) is 5.91 Å². The van der Waals surface area contributed by atoms with Gasteiger partial charge in [-0.2, -0.15) is 0 Å². The number of amides is 3. The lowest BCUT2D eigenvalue weighted by atomic mass is 10.0. The third-order valence-corrected chi connectivity index (χ3v) is 7.13. The average Bonchev–Trinajstić information content (AvgIpc) is 2.92. The highest BCUT2D eigenvalue weighted by molar-refractivity contribution is 6.36. The van der Waals surface area contributed by atoms with Gasteiger partial charge in [-0.3, -0.25) is 14.4 Å². The van der Waals surface area contributed by atoms with E-state index >= 15 is 0 Å². The summed E-state index contributed by atoms with van der Waals surface area (Å²) in [5, 5.41) is 3.66. The number of ether oxygens (including phenoxy) is 1. The molecule has 3 aromatic carbocycles. The molecule has 2 unspecified atom stereocenters. The number of benzene rings is 3. The molecule has 0 aliphatic carbocycles. The maximum atomic E-state index is 13.7. The van der Waals surface area contributed by atoms with E-state index in [1.165, 1.54) is 7.11 Å². The Balaban J connectivity index is 1.49. The lowest BCUT2D eigenvalue weighted by Gasteiger charge is -2.41. The molecule has 1 N–H and O–H groups in total. The molecule has 7 nitrogen and oxygen atoms in total. The van der Waals surface area contributed by atoms with E-state index in [0.29, 0.717) is 48.0 Å². The van der Waals surface area contributed by atoms with Crippen molar-refractivity contribution in [1.29, 1.82) is 0 Å². The first-order chi connectivity index (χ1) is 18.3. The van der Waals surface area contributed by atoms with Crippen molar-refractivity contribution in [3.63, 3.8) is 0 Å². The SMILES string of the molecule is COc1cccc(C(=O)NC(Cc2ccccc2)C(=O)N2CCN(C(=O)c3ccc(Cl)cc3Cl)C(C)C2)c1. The molecule has 38 heavy (non-hydrogen) atoms. The lowest BCUT2D eigenvalue weighted by molar-refractivity contribution is -0.135. The normalized spacial score (nSPS) is 16.1. The van der Waals surface area contributed by atoms with E-state index in [1.807, 2.05) is 37.3 Å². The first-order valence-corrected chi connectivity index (χ1v) is 13.1. The van der Waals surface area contributed by atoms with Crippen molar-refractivity contribution in [3.05, 3.63) is 99.5 Å². The minimum absolute atomic E-state index is 0.200. The summed E-state index contributed by atoms with van der Waals surface area (Å²) in [6.45, 7) is 2.89. The van der Waals surface area contributed by atoms with Crippen LogP contribution in [0.3, 0.4) is 0 Å². The van der Waals surface area contributed by atoms with Gasteiger partial charge in [-0.15, -0.1) is 0 Å². The van der Waals surface area contributed by atoms with Crippen LogP contribution in [0, 0.1) is 0 Å². The van der Waals surface area contributed by atoms with Gasteiger partial charge < -0.3 is 19.9 Å². The fraction of sp³-hybridized carbons (Fsp3) is 0.276. The molecule has 3 aromatic rings. The van der Waals surface area contributed by atoms with Gasteiger partial charge in [0, 0.05) is 42.7 Å². The average molecular weight is 554 g/mol. The Morgan fingerprint density at radius 3 is 2.45 bits per heavy atom. The predicted octanol–water partition coefficient (Wildman–Crippen LogP) is 4.72. The van der Waals surface area contributed by atoms with Gasteiger partial charge in [0.05, 0.1) is 17.7 Å². The minimum atomic E-state index is -0.781.